The Labute approximate surface area is 388 Å². The molecule has 13 rings (SSSR count). The lowest BCUT2D eigenvalue weighted by Crippen LogP contribution is -2.17. The molecule has 67 heavy (non-hydrogen) atoms. The fourth-order valence-corrected chi connectivity index (χ4v) is 12.1. The third-order valence-corrected chi connectivity index (χ3v) is 14.9. The third-order valence-electron chi connectivity index (χ3n) is 14.9. The second kappa shape index (κ2) is 14.2. The molecule has 2 aliphatic rings. The Balaban J connectivity index is 1.10. The van der Waals surface area contributed by atoms with Gasteiger partial charge < -0.3 is 13.9 Å². The monoisotopic (exact) mass is 865 g/mol. The molecular formula is C62H47N3O2. The van der Waals surface area contributed by atoms with Gasteiger partial charge in [-0.3, -0.25) is 9.59 Å². The maximum absolute atomic E-state index is 15.5. The summed E-state index contributed by atoms with van der Waals surface area (Å²) < 4.78 is 4.48. The van der Waals surface area contributed by atoms with E-state index in [2.05, 4.69) is 200 Å². The molecule has 3 aromatic heterocycles. The van der Waals surface area contributed by atoms with Crippen LogP contribution in [0.15, 0.2) is 173 Å². The van der Waals surface area contributed by atoms with Gasteiger partial charge in [0.2, 0.25) is 0 Å². The van der Waals surface area contributed by atoms with Crippen LogP contribution in [0.25, 0.3) is 83.0 Å². The maximum Gasteiger partial charge on any atom is 0.197 e. The Morgan fingerprint density at radius 1 is 0.537 bits per heavy atom. The van der Waals surface area contributed by atoms with Crippen LogP contribution >= 0.6 is 0 Å². The molecule has 0 bridgehead atoms. The minimum atomic E-state index is -0.188. The molecule has 0 atom stereocenters. The zero-order valence-electron chi connectivity index (χ0n) is 38.2. The number of nitrogens with zero attached hydrogens (tertiary/aromatic N) is 3. The topological polar surface area (TPSA) is 46.7 Å². The Morgan fingerprint density at radius 3 is 1.96 bits per heavy atom. The molecule has 0 radical (unpaired) electrons. The lowest BCUT2D eigenvalue weighted by molar-refractivity contribution is 0.660. The number of fused-ring (bicyclic) bond motifs is 10. The average molecular weight is 866 g/mol. The summed E-state index contributed by atoms with van der Waals surface area (Å²) in [5, 5.41) is 3.49. The zero-order valence-corrected chi connectivity index (χ0v) is 38.2. The van der Waals surface area contributed by atoms with Crippen LogP contribution in [0.5, 0.6) is 0 Å². The van der Waals surface area contributed by atoms with Gasteiger partial charge in [-0.1, -0.05) is 104 Å². The highest BCUT2D eigenvalue weighted by molar-refractivity contribution is 6.10. The van der Waals surface area contributed by atoms with Gasteiger partial charge in [0, 0.05) is 60.8 Å². The van der Waals surface area contributed by atoms with E-state index in [0.717, 1.165) is 80.1 Å². The predicted molar refractivity (Wildman–Crippen MR) is 280 cm³/mol. The van der Waals surface area contributed by atoms with Crippen molar-refractivity contribution in [2.24, 2.45) is 0 Å². The van der Waals surface area contributed by atoms with Crippen LogP contribution in [0.4, 0.5) is 17.1 Å². The van der Waals surface area contributed by atoms with E-state index >= 15 is 9.59 Å². The Hall–Kier alpha value is -8.02. The van der Waals surface area contributed by atoms with Gasteiger partial charge >= 0.3 is 0 Å². The highest BCUT2D eigenvalue weighted by Crippen LogP contribution is 2.51. The van der Waals surface area contributed by atoms with E-state index in [-0.39, 0.29) is 16.3 Å². The molecule has 0 unspecified atom stereocenters. The van der Waals surface area contributed by atoms with Crippen molar-refractivity contribution in [2.75, 3.05) is 4.90 Å². The average Bonchev–Trinajstić information content (AvgIpc) is 3.79. The van der Waals surface area contributed by atoms with Gasteiger partial charge in [-0.05, 0) is 169 Å². The summed E-state index contributed by atoms with van der Waals surface area (Å²) in [6.07, 6.45) is 6.45. The quantitative estimate of drug-likeness (QED) is 0.128. The van der Waals surface area contributed by atoms with E-state index in [0.29, 0.717) is 27.1 Å². The summed E-state index contributed by atoms with van der Waals surface area (Å²) in [4.78, 5) is 33.1. The number of benzene rings is 8. The van der Waals surface area contributed by atoms with E-state index in [1.165, 1.54) is 38.8 Å². The van der Waals surface area contributed by atoms with Gasteiger partial charge in [-0.2, -0.15) is 0 Å². The number of rotatable bonds is 5. The summed E-state index contributed by atoms with van der Waals surface area (Å²) in [6, 6.07) is 55.5. The molecule has 2 aliphatic carbocycles. The highest BCUT2D eigenvalue weighted by Gasteiger charge is 2.36. The largest absolute Gasteiger partial charge is 0.310 e. The van der Waals surface area contributed by atoms with Gasteiger partial charge in [0.05, 0.1) is 22.1 Å². The van der Waals surface area contributed by atoms with Crippen molar-refractivity contribution in [3.63, 3.8) is 0 Å². The standard InChI is InChI=1S/C62H47N3O2/c1-36-29-37(2)58(38(3)30-36)39-31-50-59-51(32-39)61(67)49-34-42(64-54-21-13-10-18-46(54)47-19-11-14-22-55(47)64)25-28-57(49)65(59)56-27-24-41(33-48(56)60(50)66)63(40-15-7-6-8-16-40)43-23-26-45-44-17-9-12-20-52(44)62(4,5)53(45)35-43/h6-10,12-18,20-35H,11,19H2,1-5H3. The molecule has 3 heterocycles. The van der Waals surface area contributed by atoms with Crippen molar-refractivity contribution in [3.8, 4) is 27.9 Å². The Morgan fingerprint density at radius 2 is 1.18 bits per heavy atom. The molecule has 0 aliphatic heterocycles. The van der Waals surface area contributed by atoms with Crippen LogP contribution in [-0.2, 0) is 11.8 Å². The molecule has 322 valence electrons. The fraction of sp³-hybridized carbons (Fsp3) is 0.129. The second-order valence-corrected chi connectivity index (χ2v) is 19.3. The van der Waals surface area contributed by atoms with Crippen molar-refractivity contribution < 1.29 is 0 Å². The van der Waals surface area contributed by atoms with Crippen molar-refractivity contribution in [3.05, 3.63) is 223 Å². The molecule has 0 saturated carbocycles. The fourth-order valence-electron chi connectivity index (χ4n) is 12.1. The first-order valence-corrected chi connectivity index (χ1v) is 23.4. The molecule has 5 nitrogen and oxygen atoms in total. The number of aromatic nitrogens is 2. The SMILES string of the molecule is Cc1cc(C)c(-c2cc3c(=O)c4cc(N(c5ccccc5)c5ccc6c(c5)C(C)(C)c5ccccc5-6)ccc4n4c5ccc(-n6c7c(c8ccccc86)CCC=C7)cc5c(=O)c(c2)c34)c(C)c1. The van der Waals surface area contributed by atoms with Crippen LogP contribution in [-0.4, -0.2) is 8.97 Å². The van der Waals surface area contributed by atoms with E-state index in [1.807, 2.05) is 18.2 Å². The number of hydrogen-bond acceptors (Lipinski definition) is 3. The molecule has 0 spiro atoms. The normalized spacial score (nSPS) is 13.8. The third kappa shape index (κ3) is 5.61. The second-order valence-electron chi connectivity index (χ2n) is 19.3. The first-order chi connectivity index (χ1) is 32.6. The van der Waals surface area contributed by atoms with Gasteiger partial charge in [-0.15, -0.1) is 0 Å². The number of pyridine rings is 2. The number of anilines is 3. The molecule has 11 aromatic rings. The smallest absolute Gasteiger partial charge is 0.197 e. The Kier molecular flexibility index (Phi) is 8.36. The van der Waals surface area contributed by atoms with Crippen molar-refractivity contribution in [1.82, 2.24) is 8.97 Å². The van der Waals surface area contributed by atoms with Gasteiger partial charge in [0.25, 0.3) is 0 Å². The molecule has 8 aromatic carbocycles. The highest BCUT2D eigenvalue weighted by atomic mass is 16.1. The van der Waals surface area contributed by atoms with Gasteiger partial charge in [0.15, 0.2) is 10.9 Å². The van der Waals surface area contributed by atoms with Crippen molar-refractivity contribution in [1.29, 1.82) is 0 Å². The zero-order chi connectivity index (χ0) is 45.5. The van der Waals surface area contributed by atoms with E-state index in [4.69, 9.17) is 0 Å². The van der Waals surface area contributed by atoms with Crippen LogP contribution < -0.4 is 15.8 Å². The van der Waals surface area contributed by atoms with Crippen LogP contribution in [0.1, 0.15) is 59.3 Å². The molecule has 0 N–H and O–H groups in total. The van der Waals surface area contributed by atoms with E-state index in [9.17, 15) is 0 Å². The first-order valence-electron chi connectivity index (χ1n) is 23.4. The van der Waals surface area contributed by atoms with Crippen LogP contribution in [0.3, 0.4) is 0 Å². The first kappa shape index (κ1) is 39.4. The number of allylic oxidation sites excluding steroid dienone is 1. The maximum atomic E-state index is 15.5. The van der Waals surface area contributed by atoms with Crippen LogP contribution in [0.2, 0.25) is 0 Å². The predicted octanol–water partition coefficient (Wildman–Crippen LogP) is 14.8. The molecular weight excluding hydrogens is 819 g/mol. The molecule has 0 amide bonds. The van der Waals surface area contributed by atoms with E-state index < -0.39 is 0 Å². The number of hydrogen-bond donors (Lipinski definition) is 0. The van der Waals surface area contributed by atoms with Gasteiger partial charge in [-0.25, -0.2) is 0 Å². The summed E-state index contributed by atoms with van der Waals surface area (Å²) in [5.41, 5.74) is 19.7. The molecule has 0 fully saturated rings. The lowest BCUT2D eigenvalue weighted by Gasteiger charge is -2.28. The Bertz CT molecular complexity index is 4070. The van der Waals surface area contributed by atoms with Crippen molar-refractivity contribution in [2.45, 2.75) is 52.9 Å². The number of para-hydroxylation sites is 2. The van der Waals surface area contributed by atoms with Crippen LogP contribution in [0, 0.1) is 20.8 Å². The lowest BCUT2D eigenvalue weighted by atomic mass is 9.82. The minimum Gasteiger partial charge on any atom is -0.310 e. The summed E-state index contributed by atoms with van der Waals surface area (Å²) >= 11 is 0. The summed E-state index contributed by atoms with van der Waals surface area (Å²) in [7, 11) is 0. The number of aryl methyl sites for hydroxylation is 4. The molecule has 5 heteroatoms. The summed E-state index contributed by atoms with van der Waals surface area (Å²) in [5.74, 6) is 0. The van der Waals surface area contributed by atoms with Gasteiger partial charge in [0.1, 0.15) is 0 Å². The molecule has 0 saturated heterocycles. The van der Waals surface area contributed by atoms with Crippen molar-refractivity contribution >= 4 is 72.1 Å². The van der Waals surface area contributed by atoms with E-state index in [1.54, 1.807) is 0 Å². The minimum absolute atomic E-state index is 0.0840. The summed E-state index contributed by atoms with van der Waals surface area (Å²) in [6.45, 7) is 11.0.